The average molecular weight is 377 g/mol. The van der Waals surface area contributed by atoms with Crippen molar-refractivity contribution in [1.82, 2.24) is 4.72 Å². The lowest BCUT2D eigenvalue weighted by Crippen LogP contribution is -2.23. The van der Waals surface area contributed by atoms with Gasteiger partial charge in [0, 0.05) is 22.0 Å². The molecule has 106 valence electrons. The van der Waals surface area contributed by atoms with E-state index in [-0.39, 0.29) is 11.4 Å². The minimum Gasteiger partial charge on any atom is -0.258 e. The third kappa shape index (κ3) is 3.23. The summed E-state index contributed by atoms with van der Waals surface area (Å²) in [6.45, 7) is 0.0760. The van der Waals surface area contributed by atoms with Crippen LogP contribution in [0.5, 0.6) is 0 Å². The van der Waals surface area contributed by atoms with Crippen molar-refractivity contribution in [2.24, 2.45) is 0 Å². The summed E-state index contributed by atoms with van der Waals surface area (Å²) in [4.78, 5) is 10.6. The van der Waals surface area contributed by atoms with Crippen LogP contribution in [0.2, 0.25) is 0 Å². The van der Waals surface area contributed by atoms with E-state index in [0.29, 0.717) is 0 Å². The van der Waals surface area contributed by atoms with Gasteiger partial charge in [-0.3, -0.25) is 10.1 Å². The number of halogens is 1. The number of para-hydroxylation sites is 1. The summed E-state index contributed by atoms with van der Waals surface area (Å²) in [6.07, 6.45) is 0. The molecule has 0 unspecified atom stereocenters. The molecular formula is C11H9BrN2O4S2. The van der Waals surface area contributed by atoms with E-state index in [1.165, 1.54) is 29.5 Å². The Labute approximate surface area is 127 Å². The molecule has 6 nitrogen and oxygen atoms in total. The van der Waals surface area contributed by atoms with Crippen molar-refractivity contribution in [1.29, 1.82) is 0 Å². The number of thiophene rings is 1. The van der Waals surface area contributed by atoms with E-state index in [4.69, 9.17) is 0 Å². The minimum atomic E-state index is -3.93. The fraction of sp³-hybridized carbons (Fsp3) is 0.0909. The zero-order valence-corrected chi connectivity index (χ0v) is 13.2. The molecule has 0 bridgehead atoms. The van der Waals surface area contributed by atoms with E-state index in [0.717, 1.165) is 15.4 Å². The minimum absolute atomic E-state index is 0.0760. The van der Waals surface area contributed by atoms with Crippen molar-refractivity contribution in [2.45, 2.75) is 11.4 Å². The van der Waals surface area contributed by atoms with E-state index in [2.05, 4.69) is 20.7 Å². The molecule has 9 heteroatoms. The first-order valence-electron chi connectivity index (χ1n) is 5.37. The fourth-order valence-corrected chi connectivity index (χ4v) is 4.21. The van der Waals surface area contributed by atoms with Crippen molar-refractivity contribution in [3.05, 3.63) is 55.2 Å². The van der Waals surface area contributed by atoms with Gasteiger partial charge in [0.15, 0.2) is 4.90 Å². The Morgan fingerprint density at radius 3 is 2.60 bits per heavy atom. The smallest absolute Gasteiger partial charge is 0.258 e. The fourth-order valence-electron chi connectivity index (χ4n) is 1.52. The van der Waals surface area contributed by atoms with Gasteiger partial charge in [-0.15, -0.1) is 11.3 Å². The quantitative estimate of drug-likeness (QED) is 0.641. The highest BCUT2D eigenvalue weighted by Gasteiger charge is 2.24. The molecule has 20 heavy (non-hydrogen) atoms. The van der Waals surface area contributed by atoms with E-state index < -0.39 is 20.6 Å². The van der Waals surface area contributed by atoms with Crippen molar-refractivity contribution < 1.29 is 13.3 Å². The van der Waals surface area contributed by atoms with Gasteiger partial charge in [-0.1, -0.05) is 12.1 Å². The molecule has 0 aliphatic carbocycles. The van der Waals surface area contributed by atoms with Crippen LogP contribution in [-0.4, -0.2) is 13.3 Å². The van der Waals surface area contributed by atoms with Gasteiger partial charge in [0.2, 0.25) is 10.0 Å². The molecule has 0 aliphatic heterocycles. The molecule has 0 saturated carbocycles. The number of nitrogens with one attached hydrogen (secondary N) is 1. The van der Waals surface area contributed by atoms with Gasteiger partial charge in [-0.25, -0.2) is 13.1 Å². The highest BCUT2D eigenvalue weighted by atomic mass is 79.9. The number of benzene rings is 1. The third-order valence-electron chi connectivity index (χ3n) is 2.47. The van der Waals surface area contributed by atoms with Crippen LogP contribution >= 0.6 is 27.3 Å². The lowest BCUT2D eigenvalue weighted by molar-refractivity contribution is -0.387. The largest absolute Gasteiger partial charge is 0.289 e. The van der Waals surface area contributed by atoms with E-state index in [9.17, 15) is 18.5 Å². The molecule has 2 aromatic rings. The van der Waals surface area contributed by atoms with Crippen molar-refractivity contribution >= 4 is 43.0 Å². The molecule has 0 amide bonds. The molecule has 0 spiro atoms. The molecule has 2 rings (SSSR count). The van der Waals surface area contributed by atoms with Crippen molar-refractivity contribution in [3.8, 4) is 0 Å². The van der Waals surface area contributed by atoms with Crippen LogP contribution in [0, 0.1) is 10.1 Å². The molecule has 1 heterocycles. The summed E-state index contributed by atoms with van der Waals surface area (Å²) in [6, 6.07) is 7.05. The van der Waals surface area contributed by atoms with Gasteiger partial charge in [0.1, 0.15) is 0 Å². The maximum atomic E-state index is 12.1. The van der Waals surface area contributed by atoms with E-state index >= 15 is 0 Å². The second-order valence-electron chi connectivity index (χ2n) is 3.74. The zero-order chi connectivity index (χ0) is 14.8. The standard InChI is InChI=1S/C11H9BrN2O4S2/c12-8-5-6-19-10(8)7-13-20(17,18)11-4-2-1-3-9(11)14(15)16/h1-6,13H,7H2. The molecule has 1 aromatic carbocycles. The lowest BCUT2D eigenvalue weighted by atomic mass is 10.3. The first-order chi connectivity index (χ1) is 9.42. The predicted molar refractivity (Wildman–Crippen MR) is 79.1 cm³/mol. The molecule has 0 radical (unpaired) electrons. The summed E-state index contributed by atoms with van der Waals surface area (Å²) in [5.74, 6) is 0. The highest BCUT2D eigenvalue weighted by molar-refractivity contribution is 9.10. The van der Waals surface area contributed by atoms with E-state index in [1.807, 2.05) is 5.38 Å². The van der Waals surface area contributed by atoms with Crippen LogP contribution < -0.4 is 4.72 Å². The number of nitrogens with zero attached hydrogens (tertiary/aromatic N) is 1. The first kappa shape index (κ1) is 15.1. The first-order valence-corrected chi connectivity index (χ1v) is 8.52. The van der Waals surface area contributed by atoms with Crippen LogP contribution in [-0.2, 0) is 16.6 Å². The second-order valence-corrected chi connectivity index (χ2v) is 7.33. The predicted octanol–water partition coefficient (Wildman–Crippen LogP) is 2.90. The number of nitro groups is 1. The number of rotatable bonds is 5. The monoisotopic (exact) mass is 376 g/mol. The van der Waals surface area contributed by atoms with Crippen molar-refractivity contribution in [3.63, 3.8) is 0 Å². The molecule has 0 saturated heterocycles. The zero-order valence-electron chi connectivity index (χ0n) is 9.95. The Hall–Kier alpha value is -1.29. The molecule has 1 aromatic heterocycles. The van der Waals surface area contributed by atoms with Crippen molar-refractivity contribution in [2.75, 3.05) is 0 Å². The molecule has 0 aliphatic rings. The Bertz CT molecular complexity index is 742. The summed E-state index contributed by atoms with van der Waals surface area (Å²) < 4.78 is 27.4. The van der Waals surface area contributed by atoms with Gasteiger partial charge >= 0.3 is 0 Å². The maximum Gasteiger partial charge on any atom is 0.289 e. The molecule has 1 N–H and O–H groups in total. The van der Waals surface area contributed by atoms with Gasteiger partial charge < -0.3 is 0 Å². The van der Waals surface area contributed by atoms with Gasteiger partial charge in [-0.2, -0.15) is 0 Å². The number of nitro benzene ring substituents is 1. The Balaban J connectivity index is 2.27. The Morgan fingerprint density at radius 1 is 1.30 bits per heavy atom. The Kier molecular flexibility index (Phi) is 4.53. The average Bonchev–Trinajstić information content (AvgIpc) is 2.82. The number of sulfonamides is 1. The maximum absolute atomic E-state index is 12.1. The van der Waals surface area contributed by atoms with Crippen LogP contribution in [0.3, 0.4) is 0 Å². The normalized spacial score (nSPS) is 11.4. The summed E-state index contributed by atoms with van der Waals surface area (Å²) in [5, 5.41) is 12.7. The number of hydrogen-bond donors (Lipinski definition) is 1. The Morgan fingerprint density at radius 2 is 2.00 bits per heavy atom. The number of hydrogen-bond acceptors (Lipinski definition) is 5. The summed E-state index contributed by atoms with van der Waals surface area (Å²) in [7, 11) is -3.93. The van der Waals surface area contributed by atoms with Crippen LogP contribution in [0.4, 0.5) is 5.69 Å². The van der Waals surface area contributed by atoms with Crippen LogP contribution in [0.1, 0.15) is 4.88 Å². The lowest BCUT2D eigenvalue weighted by Gasteiger charge is -2.06. The van der Waals surface area contributed by atoms with Gasteiger partial charge in [0.05, 0.1) is 4.92 Å². The SMILES string of the molecule is O=[N+]([O-])c1ccccc1S(=O)(=O)NCc1sccc1Br. The molecule has 0 fully saturated rings. The molecular weight excluding hydrogens is 368 g/mol. The highest BCUT2D eigenvalue weighted by Crippen LogP contribution is 2.25. The third-order valence-corrected chi connectivity index (χ3v) is 5.84. The van der Waals surface area contributed by atoms with E-state index in [1.54, 1.807) is 6.07 Å². The van der Waals surface area contributed by atoms with Crippen LogP contribution in [0.15, 0.2) is 45.1 Å². The summed E-state index contributed by atoms with van der Waals surface area (Å²) >= 11 is 4.68. The summed E-state index contributed by atoms with van der Waals surface area (Å²) in [5.41, 5.74) is -0.440. The van der Waals surface area contributed by atoms with Gasteiger partial charge in [-0.05, 0) is 33.4 Å². The topological polar surface area (TPSA) is 89.3 Å². The van der Waals surface area contributed by atoms with Crippen LogP contribution in [0.25, 0.3) is 0 Å². The van der Waals surface area contributed by atoms with Gasteiger partial charge in [0.25, 0.3) is 5.69 Å². The second kappa shape index (κ2) is 6.00. The molecule has 0 atom stereocenters.